The number of aromatic nitrogens is 4. The van der Waals surface area contributed by atoms with Crippen molar-refractivity contribution in [3.63, 3.8) is 0 Å². The van der Waals surface area contributed by atoms with Crippen LogP contribution >= 0.6 is 23.2 Å². The molecule has 118 valence electrons. The Kier molecular flexibility index (Phi) is 4.95. The first-order valence-electron chi connectivity index (χ1n) is 6.84. The summed E-state index contributed by atoms with van der Waals surface area (Å²) in [5.41, 5.74) is 1.80. The van der Waals surface area contributed by atoms with E-state index in [1.54, 1.807) is 6.07 Å². The Hall–Kier alpha value is -2.31. The van der Waals surface area contributed by atoms with E-state index in [1.807, 2.05) is 36.4 Å². The average Bonchev–Trinajstić information content (AvgIpc) is 3.07. The fraction of sp³-hybridized carbons (Fsp3) is 0.133. The minimum atomic E-state index is 0.372. The third kappa shape index (κ3) is 4.12. The lowest BCUT2D eigenvalue weighted by Gasteiger charge is -2.13. The Morgan fingerprint density at radius 2 is 1.96 bits per heavy atom. The van der Waals surface area contributed by atoms with Crippen LogP contribution in [-0.2, 0) is 13.2 Å². The van der Waals surface area contributed by atoms with E-state index < -0.39 is 0 Å². The van der Waals surface area contributed by atoms with Gasteiger partial charge >= 0.3 is 0 Å². The summed E-state index contributed by atoms with van der Waals surface area (Å²) in [7, 11) is 0. The van der Waals surface area contributed by atoms with Crippen LogP contribution in [0.5, 0.6) is 5.75 Å². The highest BCUT2D eigenvalue weighted by Crippen LogP contribution is 2.25. The predicted octanol–water partition coefficient (Wildman–Crippen LogP) is 3.70. The van der Waals surface area contributed by atoms with Crippen LogP contribution in [0.1, 0.15) is 11.1 Å². The molecule has 0 radical (unpaired) electrons. The zero-order valence-corrected chi connectivity index (χ0v) is 13.5. The summed E-state index contributed by atoms with van der Waals surface area (Å²) in [4.78, 5) is 0. The molecule has 23 heavy (non-hydrogen) atoms. The van der Waals surface area contributed by atoms with E-state index in [4.69, 9.17) is 27.9 Å². The molecule has 0 spiro atoms. The normalized spacial score (nSPS) is 10.5. The van der Waals surface area contributed by atoms with Crippen molar-refractivity contribution in [1.82, 2.24) is 20.6 Å². The SMILES string of the molecule is Clc1ccc(OCc2ccccc2Cl)c(CNc2nn[nH]n2)c1. The van der Waals surface area contributed by atoms with E-state index in [9.17, 15) is 0 Å². The number of nitrogens with one attached hydrogen (secondary N) is 2. The molecule has 3 aromatic rings. The van der Waals surface area contributed by atoms with Gasteiger partial charge in [0, 0.05) is 27.7 Å². The van der Waals surface area contributed by atoms with Crippen LogP contribution in [0, 0.1) is 0 Å². The van der Waals surface area contributed by atoms with Gasteiger partial charge in [0.2, 0.25) is 0 Å². The minimum Gasteiger partial charge on any atom is -0.488 e. The summed E-state index contributed by atoms with van der Waals surface area (Å²) in [5, 5.41) is 17.9. The number of ether oxygens (including phenoxy) is 1. The summed E-state index contributed by atoms with van der Waals surface area (Å²) in [5.74, 6) is 1.12. The molecule has 1 aromatic heterocycles. The van der Waals surface area contributed by atoms with Crippen molar-refractivity contribution in [2.24, 2.45) is 0 Å². The van der Waals surface area contributed by atoms with E-state index >= 15 is 0 Å². The molecular weight excluding hydrogens is 337 g/mol. The van der Waals surface area contributed by atoms with Gasteiger partial charge in [0.1, 0.15) is 12.4 Å². The van der Waals surface area contributed by atoms with E-state index in [0.717, 1.165) is 11.1 Å². The number of aromatic amines is 1. The van der Waals surface area contributed by atoms with Gasteiger partial charge in [0.15, 0.2) is 0 Å². The Bertz CT molecular complexity index is 779. The largest absolute Gasteiger partial charge is 0.488 e. The topological polar surface area (TPSA) is 75.7 Å². The van der Waals surface area contributed by atoms with Crippen LogP contribution in [-0.4, -0.2) is 20.6 Å². The van der Waals surface area contributed by atoms with Crippen LogP contribution in [0.3, 0.4) is 0 Å². The second kappa shape index (κ2) is 7.30. The third-order valence-electron chi connectivity index (χ3n) is 3.15. The van der Waals surface area contributed by atoms with Crippen molar-refractivity contribution < 1.29 is 4.74 Å². The van der Waals surface area contributed by atoms with Gasteiger partial charge in [-0.3, -0.25) is 0 Å². The number of tetrazole rings is 1. The van der Waals surface area contributed by atoms with E-state index in [2.05, 4.69) is 25.9 Å². The van der Waals surface area contributed by atoms with E-state index in [1.165, 1.54) is 0 Å². The first-order valence-corrected chi connectivity index (χ1v) is 7.60. The predicted molar refractivity (Wildman–Crippen MR) is 88.7 cm³/mol. The van der Waals surface area contributed by atoms with Gasteiger partial charge < -0.3 is 10.1 Å². The maximum Gasteiger partial charge on any atom is 0.263 e. The molecule has 8 heteroatoms. The Morgan fingerprint density at radius 3 is 2.74 bits per heavy atom. The second-order valence-corrected chi connectivity index (χ2v) is 5.56. The lowest BCUT2D eigenvalue weighted by molar-refractivity contribution is 0.303. The summed E-state index contributed by atoms with van der Waals surface area (Å²) in [6.07, 6.45) is 0. The molecule has 0 aliphatic heterocycles. The van der Waals surface area contributed by atoms with Gasteiger partial charge in [-0.1, -0.05) is 46.5 Å². The summed E-state index contributed by atoms with van der Waals surface area (Å²) >= 11 is 12.2. The zero-order chi connectivity index (χ0) is 16.1. The average molecular weight is 350 g/mol. The van der Waals surface area contributed by atoms with Crippen LogP contribution in [0.2, 0.25) is 10.0 Å². The van der Waals surface area contributed by atoms with Crippen LogP contribution in [0.15, 0.2) is 42.5 Å². The highest BCUT2D eigenvalue weighted by molar-refractivity contribution is 6.31. The van der Waals surface area contributed by atoms with Crippen molar-refractivity contribution >= 4 is 29.2 Å². The molecule has 0 saturated heterocycles. The van der Waals surface area contributed by atoms with Crippen molar-refractivity contribution in [3.8, 4) is 5.75 Å². The number of hydrogen-bond donors (Lipinski definition) is 2. The number of halogens is 2. The van der Waals surface area contributed by atoms with E-state index in [0.29, 0.717) is 34.9 Å². The first-order chi connectivity index (χ1) is 11.2. The summed E-state index contributed by atoms with van der Waals surface area (Å²) < 4.78 is 5.88. The summed E-state index contributed by atoms with van der Waals surface area (Å²) in [6.45, 7) is 0.828. The molecule has 0 amide bonds. The number of anilines is 1. The number of rotatable bonds is 6. The molecule has 2 N–H and O–H groups in total. The fourth-order valence-corrected chi connectivity index (χ4v) is 2.39. The molecule has 0 aliphatic carbocycles. The molecule has 0 bridgehead atoms. The van der Waals surface area contributed by atoms with Crippen molar-refractivity contribution in [2.75, 3.05) is 5.32 Å². The van der Waals surface area contributed by atoms with Gasteiger partial charge in [-0.2, -0.15) is 5.21 Å². The monoisotopic (exact) mass is 349 g/mol. The maximum absolute atomic E-state index is 6.14. The lowest BCUT2D eigenvalue weighted by Crippen LogP contribution is -2.05. The van der Waals surface area contributed by atoms with Crippen LogP contribution in [0.25, 0.3) is 0 Å². The molecule has 0 fully saturated rings. The number of H-pyrrole nitrogens is 1. The van der Waals surface area contributed by atoms with Gasteiger partial charge in [-0.25, -0.2) is 0 Å². The van der Waals surface area contributed by atoms with E-state index in [-0.39, 0.29) is 0 Å². The number of benzene rings is 2. The molecule has 2 aromatic carbocycles. The zero-order valence-electron chi connectivity index (χ0n) is 12.0. The maximum atomic E-state index is 6.14. The van der Waals surface area contributed by atoms with Gasteiger partial charge in [-0.05, 0) is 29.5 Å². The number of nitrogens with zero attached hydrogens (tertiary/aromatic N) is 3. The third-order valence-corrected chi connectivity index (χ3v) is 3.75. The smallest absolute Gasteiger partial charge is 0.263 e. The highest BCUT2D eigenvalue weighted by Gasteiger charge is 2.08. The van der Waals surface area contributed by atoms with Crippen molar-refractivity contribution in [3.05, 3.63) is 63.6 Å². The molecule has 0 atom stereocenters. The Labute approximate surface area is 142 Å². The first kappa shape index (κ1) is 15.6. The van der Waals surface area contributed by atoms with Gasteiger partial charge in [-0.15, -0.1) is 5.10 Å². The lowest BCUT2D eigenvalue weighted by atomic mass is 10.2. The molecule has 0 aliphatic rings. The standard InChI is InChI=1S/C15H13Cl2N5O/c16-12-5-6-14(23-9-10-3-1-2-4-13(10)17)11(7-12)8-18-15-19-21-22-20-15/h1-7H,8-9H2,(H2,18,19,20,21,22). The second-order valence-electron chi connectivity index (χ2n) is 4.72. The van der Waals surface area contributed by atoms with Gasteiger partial charge in [0.25, 0.3) is 5.95 Å². The minimum absolute atomic E-state index is 0.372. The molecule has 1 heterocycles. The van der Waals surface area contributed by atoms with Crippen molar-refractivity contribution in [2.45, 2.75) is 13.2 Å². The molecule has 0 saturated carbocycles. The molecule has 3 rings (SSSR count). The van der Waals surface area contributed by atoms with Crippen molar-refractivity contribution in [1.29, 1.82) is 0 Å². The van der Waals surface area contributed by atoms with Crippen LogP contribution in [0.4, 0.5) is 5.95 Å². The fourth-order valence-electron chi connectivity index (χ4n) is 2.01. The summed E-state index contributed by atoms with van der Waals surface area (Å²) in [6, 6.07) is 13.0. The molecular formula is C15H13Cl2N5O. The number of hydrogen-bond acceptors (Lipinski definition) is 5. The Morgan fingerprint density at radius 1 is 1.09 bits per heavy atom. The van der Waals surface area contributed by atoms with Crippen LogP contribution < -0.4 is 10.1 Å². The van der Waals surface area contributed by atoms with Gasteiger partial charge in [0.05, 0.1) is 0 Å². The quantitative estimate of drug-likeness (QED) is 0.709. The highest BCUT2D eigenvalue weighted by atomic mass is 35.5. The molecule has 0 unspecified atom stereocenters. The molecule has 6 nitrogen and oxygen atoms in total. The Balaban J connectivity index is 1.72.